The van der Waals surface area contributed by atoms with Gasteiger partial charge in [-0.3, -0.25) is 9.59 Å². The van der Waals surface area contributed by atoms with Gasteiger partial charge in [-0.05, 0) is 30.0 Å². The lowest BCUT2D eigenvalue weighted by atomic mass is 10.0. The molecule has 0 unspecified atom stereocenters. The molecular weight excluding hydrogens is 362 g/mol. The molecule has 7 heteroatoms. The van der Waals surface area contributed by atoms with Gasteiger partial charge < -0.3 is 19.9 Å². The first-order valence-corrected chi connectivity index (χ1v) is 10.5. The fraction of sp³-hybridized carbons (Fsp3) is 0.600. The van der Waals surface area contributed by atoms with E-state index in [4.69, 9.17) is 4.74 Å². The molecule has 1 aliphatic rings. The second kappa shape index (κ2) is 9.99. The van der Waals surface area contributed by atoms with Gasteiger partial charge in [-0.15, -0.1) is 11.8 Å². The van der Waals surface area contributed by atoms with Crippen LogP contribution in [0.4, 0.5) is 0 Å². The van der Waals surface area contributed by atoms with E-state index in [1.807, 2.05) is 24.3 Å². The number of nitrogens with one attached hydrogen (secondary N) is 2. The minimum Gasteiger partial charge on any atom is -0.497 e. The molecule has 150 valence electrons. The number of benzene rings is 1. The number of methoxy groups -OCH3 is 1. The molecule has 2 rings (SSSR count). The van der Waals surface area contributed by atoms with Gasteiger partial charge in [-0.25, -0.2) is 0 Å². The van der Waals surface area contributed by atoms with Crippen molar-refractivity contribution in [2.45, 2.75) is 31.7 Å². The highest BCUT2D eigenvalue weighted by Crippen LogP contribution is 2.41. The summed E-state index contributed by atoms with van der Waals surface area (Å²) >= 11 is 1.58. The number of hydrogen-bond acceptors (Lipinski definition) is 4. The van der Waals surface area contributed by atoms with Crippen LogP contribution in [-0.2, 0) is 9.59 Å². The lowest BCUT2D eigenvalue weighted by molar-refractivity contribution is -0.856. The maximum Gasteiger partial charge on any atom is 0.243 e. The van der Waals surface area contributed by atoms with Crippen molar-refractivity contribution < 1.29 is 19.2 Å². The summed E-state index contributed by atoms with van der Waals surface area (Å²) in [6.07, 6.45) is 0.652. The van der Waals surface area contributed by atoms with Gasteiger partial charge in [0.05, 0.1) is 40.0 Å². The molecule has 2 N–H and O–H groups in total. The molecule has 1 fully saturated rings. The molecule has 27 heavy (non-hydrogen) atoms. The van der Waals surface area contributed by atoms with Crippen LogP contribution in [0.25, 0.3) is 0 Å². The van der Waals surface area contributed by atoms with Gasteiger partial charge in [-0.1, -0.05) is 26.0 Å². The van der Waals surface area contributed by atoms with Gasteiger partial charge in [-0.2, -0.15) is 0 Å². The molecule has 0 radical (unpaired) electrons. The Morgan fingerprint density at radius 1 is 1.33 bits per heavy atom. The third-order valence-electron chi connectivity index (χ3n) is 4.56. The van der Waals surface area contributed by atoms with Crippen molar-refractivity contribution in [3.05, 3.63) is 29.8 Å². The maximum absolute atomic E-state index is 12.9. The summed E-state index contributed by atoms with van der Waals surface area (Å²) in [5, 5.41) is 2.88. The van der Waals surface area contributed by atoms with Crippen LogP contribution in [0.5, 0.6) is 5.75 Å². The summed E-state index contributed by atoms with van der Waals surface area (Å²) < 4.78 is 5.23. The Balaban J connectivity index is 2.21. The molecule has 2 atom stereocenters. The molecule has 1 aliphatic heterocycles. The van der Waals surface area contributed by atoms with E-state index in [1.165, 1.54) is 4.90 Å². The normalized spacial score (nSPS) is 18.3. The van der Waals surface area contributed by atoms with E-state index in [1.54, 1.807) is 23.8 Å². The van der Waals surface area contributed by atoms with Crippen molar-refractivity contribution >= 4 is 23.6 Å². The first-order chi connectivity index (χ1) is 12.8. The lowest BCUT2D eigenvalue weighted by Crippen LogP contribution is -3.06. The minimum atomic E-state index is -0.447. The zero-order chi connectivity index (χ0) is 20.0. The summed E-state index contributed by atoms with van der Waals surface area (Å²) in [4.78, 5) is 28.7. The largest absolute Gasteiger partial charge is 0.497 e. The molecule has 0 saturated carbocycles. The highest BCUT2D eigenvalue weighted by Gasteiger charge is 2.41. The van der Waals surface area contributed by atoms with Crippen LogP contribution in [-0.4, -0.2) is 62.8 Å². The summed E-state index contributed by atoms with van der Waals surface area (Å²) in [5.74, 6) is 1.47. The van der Waals surface area contributed by atoms with Crippen LogP contribution in [0.15, 0.2) is 24.3 Å². The van der Waals surface area contributed by atoms with Crippen LogP contribution in [0.1, 0.15) is 31.2 Å². The van der Waals surface area contributed by atoms with E-state index in [0.717, 1.165) is 17.9 Å². The van der Waals surface area contributed by atoms with Crippen LogP contribution in [0.2, 0.25) is 0 Å². The smallest absolute Gasteiger partial charge is 0.243 e. The summed E-state index contributed by atoms with van der Waals surface area (Å²) in [6.45, 7) is 5.63. The van der Waals surface area contributed by atoms with Gasteiger partial charge >= 0.3 is 0 Å². The molecule has 0 bridgehead atoms. The molecule has 1 aromatic carbocycles. The van der Waals surface area contributed by atoms with Crippen LogP contribution < -0.4 is 15.0 Å². The number of rotatable bonds is 9. The maximum atomic E-state index is 12.9. The average molecular weight is 395 g/mol. The zero-order valence-corrected chi connectivity index (χ0v) is 17.8. The monoisotopic (exact) mass is 394 g/mol. The van der Waals surface area contributed by atoms with E-state index in [-0.39, 0.29) is 17.2 Å². The number of amides is 2. The predicted molar refractivity (Wildman–Crippen MR) is 109 cm³/mol. The molecule has 1 heterocycles. The van der Waals surface area contributed by atoms with Gasteiger partial charge in [0, 0.05) is 0 Å². The number of thioether (sulfide) groups is 1. The Morgan fingerprint density at radius 2 is 2.00 bits per heavy atom. The highest BCUT2D eigenvalue weighted by molar-refractivity contribution is 8.00. The molecule has 0 spiro atoms. The Labute approximate surface area is 166 Å². The van der Waals surface area contributed by atoms with Crippen molar-refractivity contribution in [3.63, 3.8) is 0 Å². The third kappa shape index (κ3) is 5.87. The predicted octanol–water partition coefficient (Wildman–Crippen LogP) is 0.945. The summed E-state index contributed by atoms with van der Waals surface area (Å²) in [6, 6.07) is 7.29. The molecular formula is C20H32N3O3S+. The first kappa shape index (κ1) is 21.6. The van der Waals surface area contributed by atoms with Crippen molar-refractivity contribution in [1.29, 1.82) is 0 Å². The fourth-order valence-electron chi connectivity index (χ4n) is 3.15. The van der Waals surface area contributed by atoms with Gasteiger partial charge in [0.2, 0.25) is 11.8 Å². The lowest BCUT2D eigenvalue weighted by Gasteiger charge is -2.33. The second-order valence-electron chi connectivity index (χ2n) is 7.63. The Morgan fingerprint density at radius 3 is 2.56 bits per heavy atom. The Bertz CT molecular complexity index is 634. The molecule has 0 aliphatic carbocycles. The van der Waals surface area contributed by atoms with Crippen LogP contribution >= 0.6 is 11.8 Å². The van der Waals surface area contributed by atoms with E-state index < -0.39 is 6.04 Å². The van der Waals surface area contributed by atoms with E-state index in [9.17, 15) is 9.59 Å². The summed E-state index contributed by atoms with van der Waals surface area (Å²) in [5.41, 5.74) is 1.02. The van der Waals surface area contributed by atoms with E-state index in [2.05, 4.69) is 33.3 Å². The first-order valence-electron chi connectivity index (χ1n) is 9.47. The third-order valence-corrected chi connectivity index (χ3v) is 5.79. The quantitative estimate of drug-likeness (QED) is 0.655. The van der Waals surface area contributed by atoms with Crippen LogP contribution in [0, 0.1) is 5.92 Å². The fourth-order valence-corrected chi connectivity index (χ4v) is 4.37. The number of ether oxygens (including phenoxy) is 1. The van der Waals surface area contributed by atoms with Crippen molar-refractivity contribution in [1.82, 2.24) is 10.2 Å². The van der Waals surface area contributed by atoms with Gasteiger partial charge in [0.25, 0.3) is 0 Å². The standard InChI is InChI=1S/C20H31N3O3S/c1-14(2)12-17(19(25)21-10-11-22(3)4)23-18(24)13-27-20(23)15-6-8-16(26-5)9-7-15/h6-9,14,17,20H,10-13H2,1-5H3,(H,21,25)/p+1/t17-,20-/m1/s1. The van der Waals surface area contributed by atoms with E-state index >= 15 is 0 Å². The number of likely N-dealkylation sites (N-methyl/N-ethyl adjacent to an activating group) is 1. The zero-order valence-electron chi connectivity index (χ0n) is 17.0. The van der Waals surface area contributed by atoms with Crippen molar-refractivity contribution in [2.24, 2.45) is 5.92 Å². The second-order valence-corrected chi connectivity index (χ2v) is 8.70. The van der Waals surface area contributed by atoms with Gasteiger partial charge in [0.1, 0.15) is 17.2 Å². The molecule has 6 nitrogen and oxygen atoms in total. The number of nitrogens with zero attached hydrogens (tertiary/aromatic N) is 1. The Kier molecular flexibility index (Phi) is 7.98. The molecule has 1 saturated heterocycles. The molecule has 1 aromatic rings. The molecule has 2 amide bonds. The average Bonchev–Trinajstić information content (AvgIpc) is 3.00. The van der Waals surface area contributed by atoms with Crippen molar-refractivity contribution in [2.75, 3.05) is 40.0 Å². The van der Waals surface area contributed by atoms with Gasteiger partial charge in [0.15, 0.2) is 0 Å². The number of quaternary nitrogens is 1. The summed E-state index contributed by atoms with van der Waals surface area (Å²) in [7, 11) is 5.74. The number of hydrogen-bond donors (Lipinski definition) is 2. The van der Waals surface area contributed by atoms with E-state index in [0.29, 0.717) is 24.6 Å². The highest BCUT2D eigenvalue weighted by atomic mass is 32.2. The molecule has 0 aromatic heterocycles. The minimum absolute atomic E-state index is 0.0276. The van der Waals surface area contributed by atoms with Crippen LogP contribution in [0.3, 0.4) is 0 Å². The SMILES string of the molecule is COc1ccc([C@H]2SCC(=O)N2[C@H](CC(C)C)C(=O)NCC[NH+](C)C)cc1. The topological polar surface area (TPSA) is 63.1 Å². The number of carbonyl (C=O) groups is 2. The number of carbonyl (C=O) groups excluding carboxylic acids is 2. The Hall–Kier alpha value is -1.73. The van der Waals surface area contributed by atoms with Crippen molar-refractivity contribution in [3.8, 4) is 5.75 Å².